The van der Waals surface area contributed by atoms with Gasteiger partial charge in [0.05, 0.1) is 11.4 Å². The minimum absolute atomic E-state index is 0.834. The van der Waals surface area contributed by atoms with E-state index in [0.717, 1.165) is 62.9 Å². The highest BCUT2D eigenvalue weighted by Crippen LogP contribution is 2.24. The minimum Gasteiger partial charge on any atom is -0.356 e. The molecule has 3 rings (SSSR count). The van der Waals surface area contributed by atoms with Gasteiger partial charge in [-0.15, -0.1) is 11.3 Å². The maximum Gasteiger partial charge on any atom is 0.190 e. The van der Waals surface area contributed by atoms with Crippen molar-refractivity contribution in [2.45, 2.75) is 46.1 Å². The summed E-state index contributed by atoms with van der Waals surface area (Å²) in [6.45, 7) is 9.06. The normalized spacial score (nSPS) is 14.8. The number of aliphatic imine (C=N–C) groups is 1. The molecule has 27 heavy (non-hydrogen) atoms. The first-order chi connectivity index (χ1) is 13.2. The van der Waals surface area contributed by atoms with Crippen molar-refractivity contribution in [3.8, 4) is 0 Å². The Labute approximate surface area is 165 Å². The second-order valence-electron chi connectivity index (χ2n) is 7.00. The largest absolute Gasteiger partial charge is 0.356 e. The lowest BCUT2D eigenvalue weighted by molar-refractivity contribution is 0.555. The van der Waals surface area contributed by atoms with Gasteiger partial charge in [-0.25, -0.2) is 4.98 Å². The molecule has 2 aromatic heterocycles. The Bertz CT molecular complexity index is 743. The number of nitrogens with one attached hydrogen (secondary N) is 2. The third-order valence-corrected chi connectivity index (χ3v) is 5.71. The van der Waals surface area contributed by atoms with Gasteiger partial charge in [0.2, 0.25) is 0 Å². The van der Waals surface area contributed by atoms with Crippen LogP contribution in [0, 0.1) is 13.8 Å². The predicted octanol–water partition coefficient (Wildman–Crippen LogP) is 2.35. The Balaban J connectivity index is 1.33. The molecule has 0 amide bonds. The van der Waals surface area contributed by atoms with Crippen LogP contribution in [0.25, 0.3) is 0 Å². The number of aryl methyl sites for hydroxylation is 3. The molecule has 0 bridgehead atoms. The van der Waals surface area contributed by atoms with Crippen molar-refractivity contribution >= 4 is 22.4 Å². The Morgan fingerprint density at radius 1 is 1.22 bits per heavy atom. The summed E-state index contributed by atoms with van der Waals surface area (Å²) >= 11 is 1.76. The van der Waals surface area contributed by atoms with Gasteiger partial charge in [0.25, 0.3) is 0 Å². The summed E-state index contributed by atoms with van der Waals surface area (Å²) in [6, 6.07) is 2.11. The number of nitrogens with zero attached hydrogens (tertiary/aromatic N) is 5. The van der Waals surface area contributed by atoms with E-state index in [2.05, 4.69) is 48.7 Å². The van der Waals surface area contributed by atoms with Crippen molar-refractivity contribution in [2.24, 2.45) is 4.99 Å². The van der Waals surface area contributed by atoms with Gasteiger partial charge in [0, 0.05) is 57.3 Å². The molecule has 0 saturated carbocycles. The fourth-order valence-electron chi connectivity index (χ4n) is 3.33. The first kappa shape index (κ1) is 19.7. The van der Waals surface area contributed by atoms with Gasteiger partial charge in [0.1, 0.15) is 0 Å². The maximum atomic E-state index is 4.77. The summed E-state index contributed by atoms with van der Waals surface area (Å²) in [4.78, 5) is 11.5. The Morgan fingerprint density at radius 2 is 2.00 bits per heavy atom. The van der Waals surface area contributed by atoms with Crippen LogP contribution in [0.15, 0.2) is 16.4 Å². The highest BCUT2D eigenvalue weighted by molar-refractivity contribution is 7.13. The number of hydrogen-bond donors (Lipinski definition) is 2. The van der Waals surface area contributed by atoms with Crippen LogP contribution < -0.4 is 15.5 Å². The van der Waals surface area contributed by atoms with Crippen molar-refractivity contribution in [2.75, 3.05) is 38.1 Å². The number of aromatic nitrogens is 3. The minimum atomic E-state index is 0.834. The molecule has 3 heterocycles. The summed E-state index contributed by atoms with van der Waals surface area (Å²) in [5.74, 6) is 0.846. The molecule has 0 aliphatic carbocycles. The van der Waals surface area contributed by atoms with Crippen LogP contribution in [0.1, 0.15) is 36.3 Å². The lowest BCUT2D eigenvalue weighted by Gasteiger charge is -2.13. The van der Waals surface area contributed by atoms with Crippen LogP contribution in [0.5, 0.6) is 0 Å². The van der Waals surface area contributed by atoms with Crippen LogP contribution in [0.3, 0.4) is 0 Å². The van der Waals surface area contributed by atoms with Gasteiger partial charge in [-0.2, -0.15) is 5.10 Å². The number of thiazole rings is 1. The van der Waals surface area contributed by atoms with E-state index in [1.54, 1.807) is 11.3 Å². The molecule has 0 spiro atoms. The molecule has 7 nitrogen and oxygen atoms in total. The third-order valence-electron chi connectivity index (χ3n) is 4.76. The molecule has 0 unspecified atom stereocenters. The molecule has 1 saturated heterocycles. The number of rotatable bonds is 8. The van der Waals surface area contributed by atoms with Crippen LogP contribution in [-0.4, -0.2) is 54.0 Å². The molecule has 8 heteroatoms. The molecule has 0 radical (unpaired) electrons. The van der Waals surface area contributed by atoms with Crippen LogP contribution in [0.2, 0.25) is 0 Å². The Hall–Kier alpha value is -2.09. The van der Waals surface area contributed by atoms with Crippen molar-refractivity contribution in [3.05, 3.63) is 28.5 Å². The van der Waals surface area contributed by atoms with E-state index >= 15 is 0 Å². The topological polar surface area (TPSA) is 70.4 Å². The van der Waals surface area contributed by atoms with E-state index in [1.807, 2.05) is 14.0 Å². The van der Waals surface area contributed by atoms with Crippen molar-refractivity contribution in [1.82, 2.24) is 25.4 Å². The number of hydrogen-bond acceptors (Lipinski definition) is 5. The fourth-order valence-corrected chi connectivity index (χ4v) is 4.24. The van der Waals surface area contributed by atoms with E-state index in [4.69, 9.17) is 4.98 Å². The molecule has 2 N–H and O–H groups in total. The molecule has 2 aromatic rings. The zero-order valence-corrected chi connectivity index (χ0v) is 17.5. The highest BCUT2D eigenvalue weighted by Gasteiger charge is 2.15. The lowest BCUT2D eigenvalue weighted by Crippen LogP contribution is -2.39. The summed E-state index contributed by atoms with van der Waals surface area (Å²) in [6.07, 6.45) is 4.50. The van der Waals surface area contributed by atoms with Crippen molar-refractivity contribution in [1.29, 1.82) is 0 Å². The van der Waals surface area contributed by atoms with E-state index in [9.17, 15) is 0 Å². The van der Waals surface area contributed by atoms with Gasteiger partial charge >= 0.3 is 0 Å². The molecule has 0 aromatic carbocycles. The van der Waals surface area contributed by atoms with Crippen LogP contribution in [-0.2, 0) is 13.0 Å². The smallest absolute Gasteiger partial charge is 0.190 e. The fraction of sp³-hybridized carbons (Fsp3) is 0.632. The van der Waals surface area contributed by atoms with Gasteiger partial charge in [0.15, 0.2) is 11.1 Å². The summed E-state index contributed by atoms with van der Waals surface area (Å²) in [7, 11) is 1.81. The van der Waals surface area contributed by atoms with E-state index < -0.39 is 0 Å². The van der Waals surface area contributed by atoms with Crippen LogP contribution in [0.4, 0.5) is 5.13 Å². The average molecular weight is 390 g/mol. The van der Waals surface area contributed by atoms with E-state index in [1.165, 1.54) is 23.7 Å². The van der Waals surface area contributed by atoms with E-state index in [-0.39, 0.29) is 0 Å². The van der Waals surface area contributed by atoms with Crippen molar-refractivity contribution in [3.63, 3.8) is 0 Å². The monoisotopic (exact) mass is 389 g/mol. The zero-order valence-electron chi connectivity index (χ0n) is 16.7. The molecular formula is C19H31N7S. The first-order valence-corrected chi connectivity index (χ1v) is 10.7. The quantitative estimate of drug-likeness (QED) is 0.412. The van der Waals surface area contributed by atoms with Crippen molar-refractivity contribution < 1.29 is 0 Å². The maximum absolute atomic E-state index is 4.77. The molecule has 1 fully saturated rings. The molecule has 1 aliphatic rings. The van der Waals surface area contributed by atoms with E-state index in [0.29, 0.717) is 0 Å². The highest BCUT2D eigenvalue weighted by atomic mass is 32.1. The molecular weight excluding hydrogens is 358 g/mol. The van der Waals surface area contributed by atoms with Crippen LogP contribution >= 0.6 is 11.3 Å². The van der Waals surface area contributed by atoms with Gasteiger partial charge in [-0.1, -0.05) is 0 Å². The van der Waals surface area contributed by atoms with Gasteiger partial charge in [-0.05, 0) is 39.2 Å². The summed E-state index contributed by atoms with van der Waals surface area (Å²) < 4.78 is 2.06. The zero-order chi connectivity index (χ0) is 19.1. The lowest BCUT2D eigenvalue weighted by atomic mass is 10.3. The second kappa shape index (κ2) is 9.73. The SMILES string of the molecule is CN=C(NCCCn1nc(C)cc1C)NCCc1csc(N2CCCC2)n1. The third kappa shape index (κ3) is 5.69. The van der Waals surface area contributed by atoms with Gasteiger partial charge < -0.3 is 15.5 Å². The first-order valence-electron chi connectivity index (χ1n) is 9.80. The molecule has 0 atom stereocenters. The summed E-state index contributed by atoms with van der Waals surface area (Å²) in [5, 5.41) is 14.6. The predicted molar refractivity (Wildman–Crippen MR) is 113 cm³/mol. The molecule has 1 aliphatic heterocycles. The van der Waals surface area contributed by atoms with Gasteiger partial charge in [-0.3, -0.25) is 9.67 Å². The average Bonchev–Trinajstić information content (AvgIpc) is 3.38. The Morgan fingerprint density at radius 3 is 2.70 bits per heavy atom. The second-order valence-corrected chi connectivity index (χ2v) is 7.83. The standard InChI is InChI=1S/C19H31N7S/c1-15-13-16(2)26(24-15)12-6-8-21-18(20-3)22-9-7-17-14-27-19(23-17)25-10-4-5-11-25/h13-14H,4-12H2,1-3H3,(H2,20,21,22). The number of guanidine groups is 1. The Kier molecular flexibility index (Phi) is 7.09. The number of anilines is 1. The summed E-state index contributed by atoms with van der Waals surface area (Å²) in [5.41, 5.74) is 3.45. The molecule has 148 valence electrons.